The number of aromatic nitrogens is 1. The van der Waals surface area contributed by atoms with Crippen LogP contribution in [0.1, 0.15) is 51.7 Å². The highest BCUT2D eigenvalue weighted by molar-refractivity contribution is 6.30. The topological polar surface area (TPSA) is 134 Å². The Bertz CT molecular complexity index is 1610. The molecule has 0 aliphatic carbocycles. The molecule has 9 nitrogen and oxygen atoms in total. The van der Waals surface area contributed by atoms with Gasteiger partial charge in [0.05, 0.1) is 54.4 Å². The average Bonchev–Trinajstić information content (AvgIpc) is 3.23. The molecule has 1 unspecified atom stereocenters. The van der Waals surface area contributed by atoms with Gasteiger partial charge in [0.1, 0.15) is 17.5 Å². The minimum atomic E-state index is -1.96. The van der Waals surface area contributed by atoms with E-state index in [9.17, 15) is 15.2 Å². The van der Waals surface area contributed by atoms with Gasteiger partial charge >= 0.3 is 0 Å². The number of rotatable bonds is 10. The number of nitrogens with two attached hydrogens (primary N) is 1. The molecule has 0 bridgehead atoms. The maximum absolute atomic E-state index is 16.6. The van der Waals surface area contributed by atoms with E-state index in [1.807, 2.05) is 6.07 Å². The average molecular weight is 610 g/mol. The van der Waals surface area contributed by atoms with E-state index in [-0.39, 0.29) is 48.6 Å². The van der Waals surface area contributed by atoms with Gasteiger partial charge in [-0.1, -0.05) is 30.7 Å². The molecule has 0 spiro atoms. The van der Waals surface area contributed by atoms with Gasteiger partial charge in [-0.25, -0.2) is 8.78 Å². The third-order valence-corrected chi connectivity index (χ3v) is 8.07. The normalized spacial score (nSPS) is 20.6. The summed E-state index contributed by atoms with van der Waals surface area (Å²) in [7, 11) is 1.60. The number of carbonyl (C=O) groups excluding carboxylic acids is 1. The molecule has 2 aromatic carbocycles. The molecule has 0 saturated carbocycles. The number of ether oxygens (including phenoxy) is 2. The van der Waals surface area contributed by atoms with Crippen LogP contribution in [0.5, 0.6) is 0 Å². The van der Waals surface area contributed by atoms with Crippen LogP contribution in [0, 0.1) is 17.1 Å². The van der Waals surface area contributed by atoms with E-state index in [0.29, 0.717) is 21.8 Å². The lowest BCUT2D eigenvalue weighted by molar-refractivity contribution is -0.205. The Labute approximate surface area is 252 Å². The van der Waals surface area contributed by atoms with Crippen LogP contribution < -0.4 is 11.1 Å². The van der Waals surface area contributed by atoms with E-state index >= 15 is 8.78 Å². The van der Waals surface area contributed by atoms with Gasteiger partial charge in [0.25, 0.3) is 5.91 Å². The number of fused-ring (bicyclic) bond motifs is 1. The molecule has 2 atom stereocenters. The van der Waals surface area contributed by atoms with Crippen LogP contribution in [0.15, 0.2) is 66.6 Å². The number of nitriles is 1. The lowest BCUT2D eigenvalue weighted by Gasteiger charge is -2.42. The Hall–Kier alpha value is -4.08. The van der Waals surface area contributed by atoms with Crippen molar-refractivity contribution in [2.45, 2.75) is 36.9 Å². The molecule has 0 radical (unpaired) electrons. The van der Waals surface area contributed by atoms with Gasteiger partial charge in [0.2, 0.25) is 0 Å². The molecule has 2 aliphatic heterocycles. The first-order chi connectivity index (χ1) is 20.5. The second kappa shape index (κ2) is 11.5. The minimum Gasteiger partial charge on any atom is -0.398 e. The predicted octanol–water partition coefficient (Wildman–Crippen LogP) is 3.98. The molecule has 3 aromatic rings. The van der Waals surface area contributed by atoms with Gasteiger partial charge in [-0.2, -0.15) is 5.26 Å². The molecule has 224 valence electrons. The van der Waals surface area contributed by atoms with E-state index < -0.39 is 35.3 Å². The number of alkyl halides is 1. The molecule has 5 rings (SSSR count). The Balaban J connectivity index is 1.75. The third-order valence-electron chi connectivity index (χ3n) is 7.82. The summed E-state index contributed by atoms with van der Waals surface area (Å²) < 4.78 is 43.4. The first kappa shape index (κ1) is 30.4. The standard InChI is InChI=1S/C31H30ClF2N5O4/c1-3-30(41,26(36)14-37-2)21-10-24-27(25(33)11-21)31(20-5-7-22(32)8-6-20,43-18-29(34)16-42-17-29)39(28(24)40)15-23-9-4-19(12-35)13-38-23/h4-11,13-14,37,41H,3,15-18,36H2,1-2H3/b26-14-/t30?,31-/m1/s1. The van der Waals surface area contributed by atoms with Crippen molar-refractivity contribution >= 4 is 17.5 Å². The summed E-state index contributed by atoms with van der Waals surface area (Å²) in [4.78, 5) is 19.9. The molecule has 4 N–H and O–H groups in total. The van der Waals surface area contributed by atoms with Crippen molar-refractivity contribution in [2.75, 3.05) is 26.9 Å². The molecule has 12 heteroatoms. The summed E-state index contributed by atoms with van der Waals surface area (Å²) in [6, 6.07) is 13.9. The van der Waals surface area contributed by atoms with E-state index in [1.54, 1.807) is 50.4 Å². The quantitative estimate of drug-likeness (QED) is 0.314. The number of benzene rings is 2. The van der Waals surface area contributed by atoms with Gasteiger partial charge in [0, 0.05) is 30.0 Å². The fourth-order valence-corrected chi connectivity index (χ4v) is 5.54. The summed E-state index contributed by atoms with van der Waals surface area (Å²) in [6.07, 6.45) is 2.82. The molecular formula is C31H30ClF2N5O4. The maximum atomic E-state index is 16.6. The van der Waals surface area contributed by atoms with Crippen molar-refractivity contribution in [3.05, 3.63) is 111 Å². The van der Waals surface area contributed by atoms with Crippen LogP contribution in [-0.2, 0) is 27.3 Å². The lowest BCUT2D eigenvalue weighted by atomic mass is 9.84. The number of hydrogen-bond acceptors (Lipinski definition) is 8. The van der Waals surface area contributed by atoms with E-state index in [0.717, 1.165) is 6.07 Å². The monoisotopic (exact) mass is 609 g/mol. The molecule has 1 amide bonds. The number of carbonyl (C=O) groups is 1. The van der Waals surface area contributed by atoms with Gasteiger partial charge in [0.15, 0.2) is 11.4 Å². The highest BCUT2D eigenvalue weighted by Crippen LogP contribution is 2.49. The summed E-state index contributed by atoms with van der Waals surface area (Å²) in [5.41, 5.74) is 1.37. The van der Waals surface area contributed by atoms with Crippen LogP contribution in [0.25, 0.3) is 0 Å². The highest BCUT2D eigenvalue weighted by atomic mass is 35.5. The van der Waals surface area contributed by atoms with Gasteiger partial charge in [-0.3, -0.25) is 14.7 Å². The van der Waals surface area contributed by atoms with Crippen LogP contribution in [0.2, 0.25) is 5.02 Å². The molecule has 1 fully saturated rings. The van der Waals surface area contributed by atoms with Crippen molar-refractivity contribution in [3.8, 4) is 6.07 Å². The smallest absolute Gasteiger partial charge is 0.257 e. The Morgan fingerprint density at radius 1 is 1.33 bits per heavy atom. The van der Waals surface area contributed by atoms with Crippen molar-refractivity contribution in [1.82, 2.24) is 15.2 Å². The third kappa shape index (κ3) is 5.21. The van der Waals surface area contributed by atoms with Crippen LogP contribution in [-0.4, -0.2) is 53.4 Å². The Kier molecular flexibility index (Phi) is 8.15. The Morgan fingerprint density at radius 2 is 2.05 bits per heavy atom. The number of aliphatic hydroxyl groups is 1. The largest absolute Gasteiger partial charge is 0.398 e. The first-order valence-electron chi connectivity index (χ1n) is 13.6. The van der Waals surface area contributed by atoms with Gasteiger partial charge in [-0.05, 0) is 48.4 Å². The van der Waals surface area contributed by atoms with E-state index in [4.69, 9.17) is 26.8 Å². The van der Waals surface area contributed by atoms with Crippen molar-refractivity contribution < 1.29 is 28.2 Å². The predicted molar refractivity (Wildman–Crippen MR) is 154 cm³/mol. The summed E-state index contributed by atoms with van der Waals surface area (Å²) >= 11 is 6.18. The molecule has 3 heterocycles. The van der Waals surface area contributed by atoms with Crippen LogP contribution >= 0.6 is 11.6 Å². The van der Waals surface area contributed by atoms with Crippen LogP contribution in [0.3, 0.4) is 0 Å². The van der Waals surface area contributed by atoms with Crippen LogP contribution in [0.4, 0.5) is 8.78 Å². The summed E-state index contributed by atoms with van der Waals surface area (Å²) in [5.74, 6) is -1.52. The number of hydrogen-bond donors (Lipinski definition) is 3. The van der Waals surface area contributed by atoms with Gasteiger partial charge < -0.3 is 25.6 Å². The zero-order valence-corrected chi connectivity index (χ0v) is 24.3. The van der Waals surface area contributed by atoms with Crippen molar-refractivity contribution in [3.63, 3.8) is 0 Å². The molecule has 1 aromatic heterocycles. The summed E-state index contributed by atoms with van der Waals surface area (Å²) in [5, 5.41) is 23.9. The number of halogens is 3. The second-order valence-electron chi connectivity index (χ2n) is 10.6. The van der Waals surface area contributed by atoms with E-state index in [2.05, 4.69) is 10.3 Å². The number of amides is 1. The Morgan fingerprint density at radius 3 is 2.60 bits per heavy atom. The lowest BCUT2D eigenvalue weighted by Crippen LogP contribution is -2.54. The number of nitrogens with zero attached hydrogens (tertiary/aromatic N) is 3. The van der Waals surface area contributed by atoms with Crippen molar-refractivity contribution in [1.29, 1.82) is 5.26 Å². The van der Waals surface area contributed by atoms with Gasteiger partial charge in [-0.15, -0.1) is 0 Å². The fourth-order valence-electron chi connectivity index (χ4n) is 5.41. The minimum absolute atomic E-state index is 0.0190. The zero-order chi connectivity index (χ0) is 31.0. The fraction of sp³-hybridized carbons (Fsp3) is 0.323. The summed E-state index contributed by atoms with van der Waals surface area (Å²) in [6.45, 7) is 0.534. The molecule has 1 saturated heterocycles. The molecular weight excluding hydrogens is 580 g/mol. The number of pyridine rings is 1. The highest BCUT2D eigenvalue weighted by Gasteiger charge is 2.56. The molecule has 2 aliphatic rings. The number of nitrogens with one attached hydrogen (secondary N) is 1. The SMILES string of the molecule is CCC(O)(/C(N)=C/NC)c1cc(F)c2c(c1)C(=O)N(Cc1ccc(C#N)cn1)[C@@]2(OCC1(F)COC1)c1ccc(Cl)cc1. The first-order valence-corrected chi connectivity index (χ1v) is 13.9. The maximum Gasteiger partial charge on any atom is 0.257 e. The van der Waals surface area contributed by atoms with E-state index in [1.165, 1.54) is 23.4 Å². The van der Waals surface area contributed by atoms with Crippen molar-refractivity contribution in [2.24, 2.45) is 5.73 Å². The zero-order valence-electron chi connectivity index (χ0n) is 23.5. The molecule has 43 heavy (non-hydrogen) atoms. The second-order valence-corrected chi connectivity index (χ2v) is 11.0.